The second-order valence-electron chi connectivity index (χ2n) is 9.34. The topological polar surface area (TPSA) is 48.0 Å². The van der Waals surface area contributed by atoms with Gasteiger partial charge >= 0.3 is 6.09 Å². The van der Waals surface area contributed by atoms with Crippen molar-refractivity contribution in [2.75, 3.05) is 19.8 Å². The molecule has 0 aromatic heterocycles. The first-order valence-electron chi connectivity index (χ1n) is 10.3. The van der Waals surface area contributed by atoms with Crippen LogP contribution in [0.15, 0.2) is 24.3 Å². The first-order valence-corrected chi connectivity index (χ1v) is 10.6. The molecule has 1 atom stereocenters. The average Bonchev–Trinajstić information content (AvgIpc) is 2.67. The van der Waals surface area contributed by atoms with Gasteiger partial charge in [-0.1, -0.05) is 43.6 Å². The number of hydrogen-bond acceptors (Lipinski definition) is 4. The largest absolute Gasteiger partial charge is 0.443 e. The maximum atomic E-state index is 12.8. The van der Waals surface area contributed by atoms with Gasteiger partial charge in [-0.25, -0.2) is 4.79 Å². The predicted molar refractivity (Wildman–Crippen MR) is 107 cm³/mol. The molecule has 1 saturated carbocycles. The number of halogens is 1. The van der Waals surface area contributed by atoms with E-state index in [1.54, 1.807) is 4.90 Å². The fourth-order valence-electron chi connectivity index (χ4n) is 4.51. The smallest absolute Gasteiger partial charge is 0.410 e. The number of nitrogens with zero attached hydrogens (tertiary/aromatic N) is 1. The molecule has 1 aliphatic carbocycles. The Morgan fingerprint density at radius 2 is 1.68 bits per heavy atom. The molecule has 1 unspecified atom stereocenters. The Kier molecular flexibility index (Phi) is 5.13. The van der Waals surface area contributed by atoms with Gasteiger partial charge in [0.05, 0.1) is 19.3 Å². The molecular formula is C22H30ClNO4. The molecule has 5 nitrogen and oxygen atoms in total. The number of carbonyl (C=O) groups is 1. The van der Waals surface area contributed by atoms with Crippen molar-refractivity contribution < 1.29 is 19.0 Å². The highest BCUT2D eigenvalue weighted by Crippen LogP contribution is 2.47. The van der Waals surface area contributed by atoms with Crippen LogP contribution in [0.3, 0.4) is 0 Å². The zero-order valence-corrected chi connectivity index (χ0v) is 17.8. The highest BCUT2D eigenvalue weighted by Gasteiger charge is 2.51. The Bertz CT molecular complexity index is 730. The van der Waals surface area contributed by atoms with Gasteiger partial charge in [0.2, 0.25) is 0 Å². The third kappa shape index (κ3) is 3.77. The number of hydrogen-bond donors (Lipinski definition) is 0. The standard InChI is InChI=1S/C22H30ClNO4/c1-16(17-6-4-5-7-18(17)23)24-13-12-21(28-19(24)25)8-10-22(11-9-21)26-14-20(2,3)15-27-22/h4-7,16H,8-15H2,1-3H3. The minimum atomic E-state index is -0.491. The van der Waals surface area contributed by atoms with Crippen LogP contribution in [-0.2, 0) is 14.2 Å². The van der Waals surface area contributed by atoms with Crippen LogP contribution >= 0.6 is 11.6 Å². The van der Waals surface area contributed by atoms with E-state index in [-0.39, 0.29) is 17.6 Å². The van der Waals surface area contributed by atoms with Gasteiger partial charge in [0.15, 0.2) is 5.79 Å². The lowest BCUT2D eigenvalue weighted by Crippen LogP contribution is -2.56. The highest BCUT2D eigenvalue weighted by molar-refractivity contribution is 6.31. The molecule has 0 bridgehead atoms. The summed E-state index contributed by atoms with van der Waals surface area (Å²) in [5.41, 5.74) is 0.623. The van der Waals surface area contributed by atoms with E-state index in [4.69, 9.17) is 25.8 Å². The molecule has 2 saturated heterocycles. The van der Waals surface area contributed by atoms with Crippen LogP contribution < -0.4 is 0 Å². The Morgan fingerprint density at radius 1 is 1.04 bits per heavy atom. The van der Waals surface area contributed by atoms with Gasteiger partial charge < -0.3 is 19.1 Å². The molecule has 2 spiro atoms. The second kappa shape index (κ2) is 7.19. The van der Waals surface area contributed by atoms with Crippen molar-refractivity contribution in [1.29, 1.82) is 0 Å². The van der Waals surface area contributed by atoms with Crippen molar-refractivity contribution in [1.82, 2.24) is 4.90 Å². The number of benzene rings is 1. The number of ether oxygens (including phenoxy) is 3. The summed E-state index contributed by atoms with van der Waals surface area (Å²) in [4.78, 5) is 14.6. The van der Waals surface area contributed by atoms with Gasteiger partial charge in [0.1, 0.15) is 5.60 Å². The van der Waals surface area contributed by atoms with Crippen molar-refractivity contribution in [2.24, 2.45) is 5.41 Å². The third-order valence-corrected chi connectivity index (χ3v) is 6.89. The zero-order chi connectivity index (χ0) is 20.0. The SMILES string of the molecule is CC(c1ccccc1Cl)N1CCC2(CCC3(CC2)OCC(C)(C)CO3)OC1=O. The molecular weight excluding hydrogens is 378 g/mol. The van der Waals surface area contributed by atoms with E-state index in [0.717, 1.165) is 37.7 Å². The molecule has 0 N–H and O–H groups in total. The first kappa shape index (κ1) is 20.0. The Balaban J connectivity index is 1.38. The van der Waals surface area contributed by atoms with E-state index in [0.29, 0.717) is 24.8 Å². The monoisotopic (exact) mass is 407 g/mol. The molecule has 154 valence electrons. The molecule has 6 heteroatoms. The maximum Gasteiger partial charge on any atom is 0.410 e. The second-order valence-corrected chi connectivity index (χ2v) is 9.75. The van der Waals surface area contributed by atoms with Crippen LogP contribution in [0, 0.1) is 5.41 Å². The van der Waals surface area contributed by atoms with E-state index in [1.165, 1.54) is 0 Å². The first-order chi connectivity index (χ1) is 13.2. The molecule has 3 fully saturated rings. The van der Waals surface area contributed by atoms with E-state index >= 15 is 0 Å². The van der Waals surface area contributed by atoms with E-state index in [1.807, 2.05) is 31.2 Å². The number of carbonyl (C=O) groups excluding carboxylic acids is 1. The average molecular weight is 408 g/mol. The lowest BCUT2D eigenvalue weighted by atomic mass is 9.77. The lowest BCUT2D eigenvalue weighted by Gasteiger charge is -2.51. The normalized spacial score (nSPS) is 26.9. The van der Waals surface area contributed by atoms with Crippen molar-refractivity contribution in [2.45, 2.75) is 70.3 Å². The fraction of sp³-hybridized carbons (Fsp3) is 0.682. The van der Waals surface area contributed by atoms with Gasteiger partial charge in [-0.2, -0.15) is 0 Å². The zero-order valence-electron chi connectivity index (χ0n) is 17.0. The van der Waals surface area contributed by atoms with E-state index < -0.39 is 11.4 Å². The summed E-state index contributed by atoms with van der Waals surface area (Å²) in [6.07, 6.45) is 3.70. The quantitative estimate of drug-likeness (QED) is 0.665. The van der Waals surface area contributed by atoms with Crippen molar-refractivity contribution >= 4 is 17.7 Å². The van der Waals surface area contributed by atoms with Crippen LogP contribution in [0.4, 0.5) is 4.79 Å². The van der Waals surface area contributed by atoms with E-state index in [9.17, 15) is 4.79 Å². The summed E-state index contributed by atoms with van der Waals surface area (Å²) in [5, 5.41) is 0.678. The minimum absolute atomic E-state index is 0.0625. The van der Waals surface area contributed by atoms with Gasteiger partial charge in [-0.3, -0.25) is 0 Å². The van der Waals surface area contributed by atoms with Crippen LogP contribution in [0.25, 0.3) is 0 Å². The molecule has 4 rings (SSSR count). The molecule has 1 amide bonds. The van der Waals surface area contributed by atoms with E-state index in [2.05, 4.69) is 13.8 Å². The summed E-state index contributed by atoms with van der Waals surface area (Å²) in [6, 6.07) is 7.56. The van der Waals surface area contributed by atoms with Gasteiger partial charge in [-0.15, -0.1) is 0 Å². The Morgan fingerprint density at radius 3 is 2.29 bits per heavy atom. The minimum Gasteiger partial charge on any atom is -0.443 e. The highest BCUT2D eigenvalue weighted by atomic mass is 35.5. The number of rotatable bonds is 2. The predicted octanol–water partition coefficient (Wildman–Crippen LogP) is 5.33. The molecule has 2 aliphatic heterocycles. The lowest BCUT2D eigenvalue weighted by molar-refractivity contribution is -0.320. The van der Waals surface area contributed by atoms with Crippen LogP contribution in [0.2, 0.25) is 5.02 Å². The Labute approximate surface area is 172 Å². The van der Waals surface area contributed by atoms with Gasteiger partial charge in [-0.05, 0) is 31.4 Å². The van der Waals surface area contributed by atoms with Crippen LogP contribution in [0.1, 0.15) is 64.5 Å². The summed E-state index contributed by atoms with van der Waals surface area (Å²) in [7, 11) is 0. The summed E-state index contributed by atoms with van der Waals surface area (Å²) in [5.74, 6) is -0.491. The molecule has 1 aromatic rings. The maximum absolute atomic E-state index is 12.8. The molecule has 0 radical (unpaired) electrons. The van der Waals surface area contributed by atoms with Crippen molar-refractivity contribution in [3.8, 4) is 0 Å². The van der Waals surface area contributed by atoms with Crippen LogP contribution in [0.5, 0.6) is 0 Å². The Hall–Kier alpha value is -1.30. The van der Waals surface area contributed by atoms with Crippen molar-refractivity contribution in [3.63, 3.8) is 0 Å². The molecule has 3 aliphatic rings. The number of amides is 1. The van der Waals surface area contributed by atoms with Crippen LogP contribution in [-0.4, -0.2) is 42.1 Å². The van der Waals surface area contributed by atoms with Gasteiger partial charge in [0.25, 0.3) is 0 Å². The molecule has 2 heterocycles. The summed E-state index contributed by atoms with van der Waals surface area (Å²) < 4.78 is 18.3. The fourth-order valence-corrected chi connectivity index (χ4v) is 4.80. The molecule has 28 heavy (non-hydrogen) atoms. The van der Waals surface area contributed by atoms with Crippen molar-refractivity contribution in [3.05, 3.63) is 34.9 Å². The van der Waals surface area contributed by atoms with Gasteiger partial charge in [0, 0.05) is 36.2 Å². The third-order valence-electron chi connectivity index (χ3n) is 6.54. The summed E-state index contributed by atoms with van der Waals surface area (Å²) in [6.45, 7) is 8.41. The summed E-state index contributed by atoms with van der Waals surface area (Å²) >= 11 is 6.32. The molecule has 1 aromatic carbocycles.